The third kappa shape index (κ3) is 4.76. The van der Waals surface area contributed by atoms with Crippen LogP contribution in [0.5, 0.6) is 5.75 Å². The highest BCUT2D eigenvalue weighted by Gasteiger charge is 2.19. The van der Waals surface area contributed by atoms with Crippen LogP contribution < -0.4 is 4.74 Å². The first-order valence-electron chi connectivity index (χ1n) is 7.22. The van der Waals surface area contributed by atoms with Crippen molar-refractivity contribution < 1.29 is 14.2 Å². The van der Waals surface area contributed by atoms with Crippen molar-refractivity contribution >= 4 is 0 Å². The van der Waals surface area contributed by atoms with Crippen LogP contribution in [0.2, 0.25) is 0 Å². The van der Waals surface area contributed by atoms with Crippen molar-refractivity contribution in [2.45, 2.75) is 33.3 Å². The van der Waals surface area contributed by atoms with Gasteiger partial charge >= 0.3 is 0 Å². The molecule has 1 rings (SSSR count). The number of rotatable bonds is 8. The molecule has 1 aromatic carbocycles. The zero-order chi connectivity index (χ0) is 15.1. The smallest absolute Gasteiger partial charge is 0.132 e. The predicted octanol–water partition coefficient (Wildman–Crippen LogP) is 3.24. The fourth-order valence-corrected chi connectivity index (χ4v) is 2.36. The minimum Gasteiger partial charge on any atom is -0.496 e. The SMILES string of the molecule is CCN(CCC(O)c1c(F)cccc1OC)CC(C)C. The summed E-state index contributed by atoms with van der Waals surface area (Å²) in [5.41, 5.74) is 0.260. The molecule has 0 heterocycles. The molecule has 0 saturated carbocycles. The lowest BCUT2D eigenvalue weighted by molar-refractivity contribution is 0.133. The zero-order valence-corrected chi connectivity index (χ0v) is 12.9. The van der Waals surface area contributed by atoms with Gasteiger partial charge in [-0.15, -0.1) is 0 Å². The number of nitrogens with zero attached hydrogens (tertiary/aromatic N) is 1. The Bertz CT molecular complexity index is 409. The molecule has 0 fully saturated rings. The van der Waals surface area contributed by atoms with Crippen molar-refractivity contribution in [3.8, 4) is 5.75 Å². The average molecular weight is 283 g/mol. The molecule has 0 bridgehead atoms. The third-order valence-corrected chi connectivity index (χ3v) is 3.36. The number of aliphatic hydroxyl groups excluding tert-OH is 1. The molecule has 0 aliphatic rings. The van der Waals surface area contributed by atoms with Crippen molar-refractivity contribution in [1.29, 1.82) is 0 Å². The number of methoxy groups -OCH3 is 1. The highest BCUT2D eigenvalue weighted by atomic mass is 19.1. The fourth-order valence-electron chi connectivity index (χ4n) is 2.36. The Kier molecular flexibility index (Phi) is 6.96. The Hall–Kier alpha value is -1.13. The molecule has 1 atom stereocenters. The van der Waals surface area contributed by atoms with Gasteiger partial charge in [-0.3, -0.25) is 0 Å². The van der Waals surface area contributed by atoms with Crippen LogP contribution in [0.1, 0.15) is 38.9 Å². The second-order valence-corrected chi connectivity index (χ2v) is 5.45. The monoisotopic (exact) mass is 283 g/mol. The first-order valence-corrected chi connectivity index (χ1v) is 7.22. The summed E-state index contributed by atoms with van der Waals surface area (Å²) >= 11 is 0. The second-order valence-electron chi connectivity index (χ2n) is 5.45. The van der Waals surface area contributed by atoms with E-state index in [0.29, 0.717) is 18.1 Å². The first-order chi connectivity index (χ1) is 9.49. The molecular weight excluding hydrogens is 257 g/mol. The standard InChI is InChI=1S/C16H26FNO2/c1-5-18(11-12(2)3)10-9-14(19)16-13(17)7-6-8-15(16)20-4/h6-8,12,14,19H,5,9-11H2,1-4H3. The van der Waals surface area contributed by atoms with E-state index in [1.165, 1.54) is 13.2 Å². The van der Waals surface area contributed by atoms with Crippen molar-refractivity contribution in [3.05, 3.63) is 29.6 Å². The highest BCUT2D eigenvalue weighted by molar-refractivity contribution is 5.36. The van der Waals surface area contributed by atoms with Gasteiger partial charge in [0.05, 0.1) is 18.8 Å². The molecule has 0 aromatic heterocycles. The van der Waals surface area contributed by atoms with Gasteiger partial charge in [0.1, 0.15) is 11.6 Å². The maximum Gasteiger partial charge on any atom is 0.132 e. The normalized spacial score (nSPS) is 13.0. The Morgan fingerprint density at radius 3 is 2.60 bits per heavy atom. The maximum atomic E-state index is 13.9. The molecule has 3 nitrogen and oxygen atoms in total. The number of aliphatic hydroxyl groups is 1. The quantitative estimate of drug-likeness (QED) is 0.795. The summed E-state index contributed by atoms with van der Waals surface area (Å²) in [6, 6.07) is 4.61. The third-order valence-electron chi connectivity index (χ3n) is 3.36. The van der Waals surface area contributed by atoms with Crippen LogP contribution in [0.25, 0.3) is 0 Å². The second kappa shape index (κ2) is 8.22. The van der Waals surface area contributed by atoms with Crippen LogP contribution in [0.3, 0.4) is 0 Å². The molecule has 1 N–H and O–H groups in total. The Morgan fingerprint density at radius 2 is 2.05 bits per heavy atom. The van der Waals surface area contributed by atoms with Gasteiger partial charge in [-0.1, -0.05) is 26.8 Å². The van der Waals surface area contributed by atoms with Crippen molar-refractivity contribution in [2.75, 3.05) is 26.7 Å². The van der Waals surface area contributed by atoms with Gasteiger partial charge in [-0.2, -0.15) is 0 Å². The van der Waals surface area contributed by atoms with Crippen molar-refractivity contribution in [3.63, 3.8) is 0 Å². The minimum atomic E-state index is -0.840. The summed E-state index contributed by atoms with van der Waals surface area (Å²) < 4.78 is 19.0. The van der Waals surface area contributed by atoms with Crippen LogP contribution in [0, 0.1) is 11.7 Å². The fraction of sp³-hybridized carbons (Fsp3) is 0.625. The summed E-state index contributed by atoms with van der Waals surface area (Å²) in [4.78, 5) is 2.27. The summed E-state index contributed by atoms with van der Waals surface area (Å²) in [5, 5.41) is 10.2. The highest BCUT2D eigenvalue weighted by Crippen LogP contribution is 2.29. The van der Waals surface area contributed by atoms with E-state index in [1.54, 1.807) is 12.1 Å². The van der Waals surface area contributed by atoms with Crippen LogP contribution in [0.15, 0.2) is 18.2 Å². The van der Waals surface area contributed by atoms with Gasteiger partial charge in [0.15, 0.2) is 0 Å². The predicted molar refractivity (Wildman–Crippen MR) is 79.5 cm³/mol. The van der Waals surface area contributed by atoms with Gasteiger partial charge in [-0.25, -0.2) is 4.39 Å². The summed E-state index contributed by atoms with van der Waals surface area (Å²) in [6.45, 7) is 9.08. The Balaban J connectivity index is 2.69. The van der Waals surface area contributed by atoms with E-state index in [1.807, 2.05) is 0 Å². The van der Waals surface area contributed by atoms with Gasteiger partial charge < -0.3 is 14.7 Å². The van der Waals surface area contributed by atoms with Gasteiger partial charge in [0.25, 0.3) is 0 Å². The van der Waals surface area contributed by atoms with Crippen molar-refractivity contribution in [1.82, 2.24) is 4.90 Å². The maximum absolute atomic E-state index is 13.9. The molecule has 20 heavy (non-hydrogen) atoms. The molecule has 0 spiro atoms. The summed E-state index contributed by atoms with van der Waals surface area (Å²) in [6.07, 6.45) is -0.343. The molecule has 114 valence electrons. The topological polar surface area (TPSA) is 32.7 Å². The van der Waals surface area contributed by atoms with E-state index in [4.69, 9.17) is 4.74 Å². The van der Waals surface area contributed by atoms with Gasteiger partial charge in [0, 0.05) is 13.1 Å². The lowest BCUT2D eigenvalue weighted by Gasteiger charge is -2.24. The number of hydrogen-bond acceptors (Lipinski definition) is 3. The van der Waals surface area contributed by atoms with E-state index < -0.39 is 11.9 Å². The van der Waals surface area contributed by atoms with Crippen LogP contribution in [-0.4, -0.2) is 36.8 Å². The molecule has 4 heteroatoms. The first kappa shape index (κ1) is 16.9. The van der Waals surface area contributed by atoms with Crippen LogP contribution >= 0.6 is 0 Å². The molecule has 1 aromatic rings. The largest absolute Gasteiger partial charge is 0.496 e. The van der Waals surface area contributed by atoms with E-state index in [-0.39, 0.29) is 5.56 Å². The van der Waals surface area contributed by atoms with E-state index >= 15 is 0 Å². The average Bonchev–Trinajstić information content (AvgIpc) is 2.42. The molecule has 0 radical (unpaired) electrons. The zero-order valence-electron chi connectivity index (χ0n) is 12.9. The molecule has 0 amide bonds. The van der Waals surface area contributed by atoms with Crippen molar-refractivity contribution in [2.24, 2.45) is 5.92 Å². The Labute approximate surface area is 121 Å². The minimum absolute atomic E-state index is 0.260. The number of halogens is 1. The van der Waals surface area contributed by atoms with Crippen LogP contribution in [-0.2, 0) is 0 Å². The number of ether oxygens (including phenoxy) is 1. The van der Waals surface area contributed by atoms with Crippen LogP contribution in [0.4, 0.5) is 4.39 Å². The van der Waals surface area contributed by atoms with Gasteiger partial charge in [0.2, 0.25) is 0 Å². The number of benzene rings is 1. The molecular formula is C16H26FNO2. The van der Waals surface area contributed by atoms with E-state index in [9.17, 15) is 9.50 Å². The molecule has 0 saturated heterocycles. The lowest BCUT2D eigenvalue weighted by atomic mass is 10.0. The lowest BCUT2D eigenvalue weighted by Crippen LogP contribution is -2.29. The number of hydrogen-bond donors (Lipinski definition) is 1. The Morgan fingerprint density at radius 1 is 1.35 bits per heavy atom. The van der Waals surface area contributed by atoms with E-state index in [2.05, 4.69) is 25.7 Å². The molecule has 1 unspecified atom stereocenters. The molecule has 0 aliphatic carbocycles. The molecule has 0 aliphatic heterocycles. The van der Waals surface area contributed by atoms with Gasteiger partial charge in [-0.05, 0) is 31.0 Å². The summed E-state index contributed by atoms with van der Waals surface area (Å²) in [5.74, 6) is 0.572. The van der Waals surface area contributed by atoms with E-state index in [0.717, 1.165) is 19.6 Å². The summed E-state index contributed by atoms with van der Waals surface area (Å²) in [7, 11) is 1.49.